The average molecular weight is 2040 g/mol. The van der Waals surface area contributed by atoms with Crippen molar-refractivity contribution in [1.29, 1.82) is 26.3 Å². The van der Waals surface area contributed by atoms with E-state index >= 15 is 0 Å². The van der Waals surface area contributed by atoms with Crippen molar-refractivity contribution in [2.75, 3.05) is 84.6 Å². The molecule has 0 bridgehead atoms. The first-order valence-corrected chi connectivity index (χ1v) is 51.1. The molecule has 0 aliphatic heterocycles. The van der Waals surface area contributed by atoms with Gasteiger partial charge in [0.05, 0.1) is 122 Å². The van der Waals surface area contributed by atoms with Crippen molar-refractivity contribution >= 4 is 118 Å². The number of fused-ring (bicyclic) bond motifs is 5. The van der Waals surface area contributed by atoms with E-state index in [9.17, 15) is 62.2 Å². The zero-order chi connectivity index (χ0) is 104. The molecule has 0 unspecified atom stereocenters. The minimum absolute atomic E-state index is 0. The molecule has 20 rings (SSSR count). The summed E-state index contributed by atoms with van der Waals surface area (Å²) in [6, 6.07) is 80.4. The van der Waals surface area contributed by atoms with Gasteiger partial charge in [-0.3, -0.25) is 9.59 Å². The van der Waals surface area contributed by atoms with Gasteiger partial charge >= 0.3 is 53.7 Å². The first kappa shape index (κ1) is 109. The molecule has 10 aromatic carbocycles. The second kappa shape index (κ2) is 49.4. The number of amides is 2. The molecular weight excluding hydrogens is 1920 g/mol. The van der Waals surface area contributed by atoms with E-state index in [-0.39, 0.29) is 66.3 Å². The van der Waals surface area contributed by atoms with E-state index in [1.165, 1.54) is 50.5 Å². The van der Waals surface area contributed by atoms with Gasteiger partial charge in [0, 0.05) is 136 Å². The van der Waals surface area contributed by atoms with E-state index in [1.54, 1.807) is 24.3 Å². The van der Waals surface area contributed by atoms with Crippen LogP contribution in [0.1, 0.15) is 211 Å². The maximum Gasteiger partial charge on any atom is 1.00 e. The molecular formula is C116H118Cl2F6N15NaO7. The fourth-order valence-electron chi connectivity index (χ4n) is 19.7. The van der Waals surface area contributed by atoms with Crippen molar-refractivity contribution in [3.63, 3.8) is 0 Å². The number of aromatic nitrogens is 5. The Labute approximate surface area is 885 Å². The fraction of sp³-hybridized carbons (Fsp3) is 0.336. The molecule has 5 fully saturated rings. The molecule has 756 valence electrons. The van der Waals surface area contributed by atoms with Crippen LogP contribution in [0, 0.1) is 56.7 Å². The molecule has 5 N–H and O–H groups in total. The van der Waals surface area contributed by atoms with E-state index in [0.717, 1.165) is 247 Å². The Kier molecular flexibility index (Phi) is 36.5. The molecule has 22 nitrogen and oxygen atoms in total. The average Bonchev–Trinajstić information content (AvgIpc) is 1.61. The molecule has 15 aromatic rings. The van der Waals surface area contributed by atoms with Gasteiger partial charge in [0.15, 0.2) is 0 Å². The number of nitriles is 5. The zero-order valence-electron chi connectivity index (χ0n) is 84.9. The summed E-state index contributed by atoms with van der Waals surface area (Å²) in [7, 11) is 0. The van der Waals surface area contributed by atoms with Crippen molar-refractivity contribution in [2.45, 2.75) is 194 Å². The molecule has 0 saturated heterocycles. The Morgan fingerprint density at radius 2 is 0.585 bits per heavy atom. The predicted molar refractivity (Wildman–Crippen MR) is 570 cm³/mol. The smallest absolute Gasteiger partial charge is 1.00 e. The Bertz CT molecular complexity index is 7250. The van der Waals surface area contributed by atoms with Crippen LogP contribution >= 0.6 is 23.2 Å². The monoisotopic (exact) mass is 2040 g/mol. The Balaban J connectivity index is 0.000000153. The van der Waals surface area contributed by atoms with Gasteiger partial charge in [-0.25, -0.2) is 0 Å². The molecule has 5 aromatic heterocycles. The predicted octanol–water partition coefficient (Wildman–Crippen LogP) is 26.9. The summed E-state index contributed by atoms with van der Waals surface area (Å²) in [4.78, 5) is 23.7. The number of ether oxygens (including phenoxy) is 5. The molecule has 0 radical (unpaired) electrons. The SMILES string of the molecule is CCNc1ccc(-c2c(C#N)c3ccc(OCC)cc3n2C2CCC2)cc1.CCNc1ccc(-c2c(C#N)c3ccc(OCC)cc3n2C2CCC2)cc1.CCOc1ccc2c(C#N)c(-c3ccc(N(CC)C(=O)C(F)(F)F)cc3)n(C3CCC3)c2c1.CCOc1ccc2c(C#N)c(-c3ccc(N)cc3)n(C3CCC3)c2c1.CCOc1ccc2c(C#N)c(-c3ccc(NC(=O)C(F)(F)F)cc3)n(C3CCC3)c2c1.ClCCl.[H-].[Na+]. The van der Waals surface area contributed by atoms with Crippen LogP contribution in [0.4, 0.5) is 54.8 Å². The van der Waals surface area contributed by atoms with Crippen molar-refractivity contribution in [3.05, 3.63) is 240 Å². The minimum Gasteiger partial charge on any atom is -1.00 e. The van der Waals surface area contributed by atoms with E-state index in [0.29, 0.717) is 84.1 Å². The second-order valence-corrected chi connectivity index (χ2v) is 36.9. The molecule has 31 heteroatoms. The van der Waals surface area contributed by atoms with Crippen LogP contribution in [0.15, 0.2) is 212 Å². The Hall–Kier alpha value is -14.2. The molecule has 2 amide bonds. The minimum atomic E-state index is -4.96. The van der Waals surface area contributed by atoms with Gasteiger partial charge in [-0.1, -0.05) is 60.7 Å². The summed E-state index contributed by atoms with van der Waals surface area (Å²) in [6.45, 7) is 20.1. The largest absolute Gasteiger partial charge is 1.00 e. The number of benzene rings is 10. The third-order valence-electron chi connectivity index (χ3n) is 27.4. The van der Waals surface area contributed by atoms with Gasteiger partial charge in [-0.2, -0.15) is 52.7 Å². The van der Waals surface area contributed by atoms with E-state index in [2.05, 4.69) is 144 Å². The van der Waals surface area contributed by atoms with Crippen LogP contribution < -0.4 is 79.8 Å². The van der Waals surface area contributed by atoms with Gasteiger partial charge in [0.2, 0.25) is 0 Å². The normalized spacial score (nSPS) is 13.8. The van der Waals surface area contributed by atoms with Crippen LogP contribution in [-0.2, 0) is 9.59 Å². The molecule has 5 heterocycles. The Morgan fingerprint density at radius 1 is 0.361 bits per heavy atom. The Morgan fingerprint density at radius 3 is 0.776 bits per heavy atom. The third-order valence-corrected chi connectivity index (χ3v) is 27.4. The van der Waals surface area contributed by atoms with Gasteiger partial charge in [0.1, 0.15) is 59.1 Å². The van der Waals surface area contributed by atoms with Crippen molar-refractivity contribution < 1.29 is 90.6 Å². The van der Waals surface area contributed by atoms with Gasteiger partial charge in [-0.15, -0.1) is 23.2 Å². The van der Waals surface area contributed by atoms with Crippen LogP contribution in [0.25, 0.3) is 111 Å². The second-order valence-electron chi connectivity index (χ2n) is 36.1. The summed E-state index contributed by atoms with van der Waals surface area (Å²) in [5.74, 6) is 0.0881. The van der Waals surface area contributed by atoms with Gasteiger partial charge in [-0.05, 0) is 301 Å². The number of halogens is 8. The van der Waals surface area contributed by atoms with Crippen LogP contribution in [-0.4, -0.2) is 105 Å². The van der Waals surface area contributed by atoms with E-state index in [4.69, 9.17) is 52.6 Å². The molecule has 0 spiro atoms. The molecule has 147 heavy (non-hydrogen) atoms. The number of rotatable bonds is 27. The van der Waals surface area contributed by atoms with Gasteiger partial charge in [0.25, 0.3) is 0 Å². The summed E-state index contributed by atoms with van der Waals surface area (Å²) in [6.07, 6.45) is 6.91. The summed E-state index contributed by atoms with van der Waals surface area (Å²) < 4.78 is 116. The number of hydrogen-bond donors (Lipinski definition) is 4. The summed E-state index contributed by atoms with van der Waals surface area (Å²) >= 11 is 9.53. The van der Waals surface area contributed by atoms with Gasteiger partial charge < -0.3 is 74.5 Å². The fourth-order valence-corrected chi connectivity index (χ4v) is 19.7. The number of alkyl halides is 8. The van der Waals surface area contributed by atoms with E-state index < -0.39 is 24.2 Å². The quantitative estimate of drug-likeness (QED) is 0.0161. The number of carbonyl (C=O) groups is 2. The van der Waals surface area contributed by atoms with Crippen LogP contribution in [0.3, 0.4) is 0 Å². The van der Waals surface area contributed by atoms with E-state index in [1.807, 2.05) is 137 Å². The van der Waals surface area contributed by atoms with Crippen molar-refractivity contribution in [3.8, 4) is 115 Å². The number of nitrogens with two attached hydrogens (primary N) is 1. The summed E-state index contributed by atoms with van der Waals surface area (Å²) in [5.41, 5.74) is 26.5. The first-order valence-electron chi connectivity index (χ1n) is 50.0. The van der Waals surface area contributed by atoms with Crippen molar-refractivity contribution in [2.24, 2.45) is 0 Å². The number of nitrogen functional groups attached to an aromatic ring is 1. The first-order chi connectivity index (χ1) is 70.8. The van der Waals surface area contributed by atoms with Crippen LogP contribution in [0.5, 0.6) is 28.7 Å². The number of hydrogen-bond acceptors (Lipinski definition) is 15. The zero-order valence-corrected chi connectivity index (χ0v) is 87.5. The maximum atomic E-state index is 13.0. The number of nitrogens with one attached hydrogen (secondary N) is 3. The summed E-state index contributed by atoms with van der Waals surface area (Å²) in [5, 5.41) is 63.1. The number of carbonyl (C=O) groups excluding carboxylic acids is 2. The molecule has 0 atom stereocenters. The number of nitrogens with zero attached hydrogens (tertiary/aromatic N) is 11. The topological polar surface area (TPSA) is 289 Å². The third kappa shape index (κ3) is 23.5. The molecule has 5 aliphatic carbocycles. The molecule has 5 saturated carbocycles. The standard InChI is InChI=1S/C25H24F3N3O2.C23H20F3N3O2.2C23H25N3O.C21H21N3O.CH2Cl2.Na.H/c1-3-30(24(32)25(26,27)28)17-10-8-16(9-11-17)23-21(15-29)20-13-12-19(33-4-2)14-22(20)31(23)18-6-5-7-18;1-2-31-17-10-11-18-19(13-27)21(29(20(18)12-17)16-4-3-5-16)14-6-8-15(9-7-14)28-22(30)23(24,25)26;2*1-3-25-17-10-8-16(9-11-17)23-21(15-24)20-13-12-19(27-4-2)14-22(20)26(23)18-6-5-7-18;1-2-25-17-10-11-18-19(13-22)21(14-6-8-15(23)9-7-14)24(20(18)12-17)16-4-3-5-16;2-1-3;;/h8-14,18H,3-7H2,1-2H3;6-12,16H,2-5H2,1H3,(H,28,30);2*8-14,18,25H,3-7H2,1-2H3;6-12,16H,2-5,23H2,1H3;1H2;;/q;;;;;;+1;-1. The van der Waals surface area contributed by atoms with Crippen LogP contribution in [0.2, 0.25) is 0 Å². The van der Waals surface area contributed by atoms with Crippen molar-refractivity contribution in [1.82, 2.24) is 22.8 Å². The molecule has 5 aliphatic rings. The maximum absolute atomic E-state index is 13.0. The number of anilines is 5.